The number of hydrogen-bond donors (Lipinski definition) is 1. The number of carbonyl (C=O) groups is 1. The van der Waals surface area contributed by atoms with Crippen molar-refractivity contribution in [2.45, 2.75) is 13.8 Å². The maximum absolute atomic E-state index is 10.8. The Morgan fingerprint density at radius 2 is 1.92 bits per heavy atom. The maximum atomic E-state index is 10.8. The van der Waals surface area contributed by atoms with E-state index in [4.69, 9.17) is 0 Å². The van der Waals surface area contributed by atoms with Crippen molar-refractivity contribution < 1.29 is 13.2 Å². The molecule has 0 atom stereocenters. The molecule has 12 heavy (non-hydrogen) atoms. The van der Waals surface area contributed by atoms with E-state index < -0.39 is 15.9 Å². The third kappa shape index (κ3) is 7.27. The standard InChI is InChI=1S/C7H13NO3S/c1-6(2)4-5-7(9)8-12(3,10)11/h4-6H,1-3H3,(H,8,9)/b5-4+. The van der Waals surface area contributed by atoms with Crippen LogP contribution < -0.4 is 4.72 Å². The second-order valence-corrected chi connectivity index (χ2v) is 4.59. The first-order valence-corrected chi connectivity index (χ1v) is 5.40. The van der Waals surface area contributed by atoms with Gasteiger partial charge in [-0.15, -0.1) is 0 Å². The molecule has 0 aromatic carbocycles. The molecule has 0 saturated carbocycles. The van der Waals surface area contributed by atoms with E-state index in [-0.39, 0.29) is 5.92 Å². The maximum Gasteiger partial charge on any atom is 0.257 e. The third-order valence-electron chi connectivity index (χ3n) is 0.918. The average Bonchev–Trinajstić information content (AvgIpc) is 1.79. The highest BCUT2D eigenvalue weighted by Crippen LogP contribution is 1.92. The zero-order valence-corrected chi connectivity index (χ0v) is 8.18. The fourth-order valence-electron chi connectivity index (χ4n) is 0.497. The van der Waals surface area contributed by atoms with Crippen molar-refractivity contribution in [3.63, 3.8) is 0 Å². The van der Waals surface area contributed by atoms with Gasteiger partial charge in [-0.1, -0.05) is 19.9 Å². The van der Waals surface area contributed by atoms with Crippen molar-refractivity contribution in [2.24, 2.45) is 5.92 Å². The van der Waals surface area contributed by atoms with Gasteiger partial charge in [0.15, 0.2) is 0 Å². The Bertz CT molecular complexity index is 277. The number of rotatable bonds is 3. The molecule has 1 amide bonds. The first-order chi connectivity index (χ1) is 5.31. The molecule has 0 aliphatic heterocycles. The monoisotopic (exact) mass is 191 g/mol. The van der Waals surface area contributed by atoms with Crippen LogP contribution in [0.3, 0.4) is 0 Å². The Morgan fingerprint density at radius 1 is 1.42 bits per heavy atom. The van der Waals surface area contributed by atoms with E-state index >= 15 is 0 Å². The number of carbonyl (C=O) groups excluding carboxylic acids is 1. The summed E-state index contributed by atoms with van der Waals surface area (Å²) in [7, 11) is -3.42. The van der Waals surface area contributed by atoms with Gasteiger partial charge in [0.2, 0.25) is 10.0 Å². The van der Waals surface area contributed by atoms with Gasteiger partial charge in [-0.3, -0.25) is 4.79 Å². The van der Waals surface area contributed by atoms with Gasteiger partial charge in [0.05, 0.1) is 6.26 Å². The van der Waals surface area contributed by atoms with Crippen LogP contribution in [-0.2, 0) is 14.8 Å². The summed E-state index contributed by atoms with van der Waals surface area (Å²) in [5.41, 5.74) is 0. The zero-order chi connectivity index (χ0) is 9.78. The molecule has 0 heterocycles. The summed E-state index contributed by atoms with van der Waals surface area (Å²) in [5.74, 6) is -0.374. The summed E-state index contributed by atoms with van der Waals surface area (Å²) in [4.78, 5) is 10.8. The Labute approximate surface area is 72.7 Å². The average molecular weight is 191 g/mol. The molecule has 0 aromatic rings. The molecule has 1 N–H and O–H groups in total. The highest BCUT2D eigenvalue weighted by Gasteiger charge is 2.03. The highest BCUT2D eigenvalue weighted by molar-refractivity contribution is 7.89. The Morgan fingerprint density at radius 3 is 2.25 bits per heavy atom. The zero-order valence-electron chi connectivity index (χ0n) is 7.37. The lowest BCUT2D eigenvalue weighted by molar-refractivity contribution is -0.114. The molecular weight excluding hydrogens is 178 g/mol. The second kappa shape index (κ2) is 4.25. The first kappa shape index (κ1) is 11.2. The minimum atomic E-state index is -3.42. The number of nitrogens with one attached hydrogen (secondary N) is 1. The highest BCUT2D eigenvalue weighted by atomic mass is 32.2. The fraction of sp³-hybridized carbons (Fsp3) is 0.571. The second-order valence-electron chi connectivity index (χ2n) is 2.84. The molecule has 4 nitrogen and oxygen atoms in total. The van der Waals surface area contributed by atoms with Crippen LogP contribution in [0.25, 0.3) is 0 Å². The Balaban J connectivity index is 4.09. The topological polar surface area (TPSA) is 63.2 Å². The largest absolute Gasteiger partial charge is 0.269 e. The number of allylic oxidation sites excluding steroid dienone is 1. The van der Waals surface area contributed by atoms with Crippen molar-refractivity contribution in [1.82, 2.24) is 4.72 Å². The molecule has 0 rings (SSSR count). The fourth-order valence-corrected chi connectivity index (χ4v) is 0.930. The summed E-state index contributed by atoms with van der Waals surface area (Å²) in [6.07, 6.45) is 3.78. The molecule has 0 aliphatic rings. The van der Waals surface area contributed by atoms with E-state index in [2.05, 4.69) is 0 Å². The molecule has 0 aliphatic carbocycles. The lowest BCUT2D eigenvalue weighted by Gasteiger charge is -1.97. The van der Waals surface area contributed by atoms with Crippen molar-refractivity contribution in [1.29, 1.82) is 0 Å². The summed E-state index contributed by atoms with van der Waals surface area (Å²) in [5, 5.41) is 0. The van der Waals surface area contributed by atoms with E-state index in [0.29, 0.717) is 0 Å². The smallest absolute Gasteiger partial charge is 0.257 e. The van der Waals surface area contributed by atoms with E-state index in [0.717, 1.165) is 6.26 Å². The van der Waals surface area contributed by atoms with Crippen molar-refractivity contribution in [3.05, 3.63) is 12.2 Å². The van der Waals surface area contributed by atoms with Gasteiger partial charge >= 0.3 is 0 Å². The quantitative estimate of drug-likeness (QED) is 0.651. The SMILES string of the molecule is CC(C)/C=C/C(=O)NS(C)(=O)=O. The summed E-state index contributed by atoms with van der Waals surface area (Å²) in [6, 6.07) is 0. The van der Waals surface area contributed by atoms with Gasteiger partial charge in [0, 0.05) is 6.08 Å². The number of sulfonamides is 1. The van der Waals surface area contributed by atoms with Crippen LogP contribution in [0.2, 0.25) is 0 Å². The predicted octanol–water partition coefficient (Wildman–Crippen LogP) is 0.274. The summed E-state index contributed by atoms with van der Waals surface area (Å²) >= 11 is 0. The van der Waals surface area contributed by atoms with Crippen molar-refractivity contribution in [3.8, 4) is 0 Å². The van der Waals surface area contributed by atoms with Crippen LogP contribution in [0.15, 0.2) is 12.2 Å². The molecule has 0 aromatic heterocycles. The molecule has 0 bridgehead atoms. The molecular formula is C7H13NO3S. The van der Waals surface area contributed by atoms with Crippen LogP contribution in [-0.4, -0.2) is 20.6 Å². The third-order valence-corrected chi connectivity index (χ3v) is 1.49. The van der Waals surface area contributed by atoms with Crippen LogP contribution >= 0.6 is 0 Å². The normalized spacial score (nSPS) is 12.3. The van der Waals surface area contributed by atoms with Crippen molar-refractivity contribution in [2.75, 3.05) is 6.26 Å². The van der Waals surface area contributed by atoms with Crippen LogP contribution in [0.4, 0.5) is 0 Å². The van der Waals surface area contributed by atoms with Gasteiger partial charge in [-0.25, -0.2) is 13.1 Å². The first-order valence-electron chi connectivity index (χ1n) is 3.51. The molecule has 5 heteroatoms. The van der Waals surface area contributed by atoms with Gasteiger partial charge in [0.1, 0.15) is 0 Å². The number of amides is 1. The predicted molar refractivity (Wildman–Crippen MR) is 47.0 cm³/mol. The Kier molecular flexibility index (Phi) is 3.95. The van der Waals surface area contributed by atoms with Gasteiger partial charge in [-0.05, 0) is 5.92 Å². The van der Waals surface area contributed by atoms with Crippen LogP contribution in [0.5, 0.6) is 0 Å². The van der Waals surface area contributed by atoms with Gasteiger partial charge < -0.3 is 0 Å². The Hall–Kier alpha value is -0.840. The van der Waals surface area contributed by atoms with E-state index in [9.17, 15) is 13.2 Å². The summed E-state index contributed by atoms with van der Waals surface area (Å²) in [6.45, 7) is 3.79. The molecule has 70 valence electrons. The van der Waals surface area contributed by atoms with Gasteiger partial charge in [-0.2, -0.15) is 0 Å². The van der Waals surface area contributed by atoms with Crippen LogP contribution in [0.1, 0.15) is 13.8 Å². The summed E-state index contributed by atoms with van der Waals surface area (Å²) < 4.78 is 22.9. The lowest BCUT2D eigenvalue weighted by Crippen LogP contribution is -2.27. The van der Waals surface area contributed by atoms with E-state index in [1.54, 1.807) is 6.08 Å². The molecule has 0 spiro atoms. The minimum absolute atomic E-state index is 0.232. The van der Waals surface area contributed by atoms with Crippen LogP contribution in [0, 0.1) is 5.92 Å². The van der Waals surface area contributed by atoms with Gasteiger partial charge in [0.25, 0.3) is 5.91 Å². The van der Waals surface area contributed by atoms with E-state index in [1.165, 1.54) is 6.08 Å². The molecule has 0 radical (unpaired) electrons. The van der Waals surface area contributed by atoms with E-state index in [1.807, 2.05) is 18.6 Å². The minimum Gasteiger partial charge on any atom is -0.269 e. The number of hydrogen-bond acceptors (Lipinski definition) is 3. The molecule has 0 fully saturated rings. The molecule has 0 saturated heterocycles. The van der Waals surface area contributed by atoms with Crippen molar-refractivity contribution >= 4 is 15.9 Å². The lowest BCUT2D eigenvalue weighted by atomic mass is 10.2. The molecule has 0 unspecified atom stereocenters.